The van der Waals surface area contributed by atoms with Crippen LogP contribution < -0.4 is 4.74 Å². The van der Waals surface area contributed by atoms with Gasteiger partial charge in [0, 0.05) is 31.5 Å². The van der Waals surface area contributed by atoms with E-state index in [-0.39, 0.29) is 5.91 Å². The van der Waals surface area contributed by atoms with Crippen LogP contribution in [0.15, 0.2) is 24.3 Å². The van der Waals surface area contributed by atoms with Gasteiger partial charge in [0.25, 0.3) is 0 Å². The second kappa shape index (κ2) is 8.39. The number of methoxy groups -OCH3 is 1. The Kier molecular flexibility index (Phi) is 6.51. The molecule has 0 N–H and O–H groups in total. The Morgan fingerprint density at radius 1 is 1.19 bits per heavy atom. The second-order valence-corrected chi connectivity index (χ2v) is 6.08. The summed E-state index contributed by atoms with van der Waals surface area (Å²) in [6, 6.07) is 7.74. The summed E-state index contributed by atoms with van der Waals surface area (Å²) < 4.78 is 5.14. The molecule has 0 spiro atoms. The molecule has 4 nitrogen and oxygen atoms in total. The number of rotatable bonds is 5. The predicted molar refractivity (Wildman–Crippen MR) is 88.1 cm³/mol. The Hall–Kier alpha value is -1.07. The molecule has 1 amide bonds. The van der Waals surface area contributed by atoms with Crippen LogP contribution in [-0.4, -0.2) is 60.9 Å². The maximum atomic E-state index is 12.4. The van der Waals surface area contributed by atoms with E-state index in [1.807, 2.05) is 29.2 Å². The number of hydrogen-bond acceptors (Lipinski definition) is 3. The molecule has 0 saturated carbocycles. The van der Waals surface area contributed by atoms with E-state index in [9.17, 15) is 4.79 Å². The van der Waals surface area contributed by atoms with Gasteiger partial charge in [-0.15, -0.1) is 0 Å². The topological polar surface area (TPSA) is 32.8 Å². The van der Waals surface area contributed by atoms with Crippen LogP contribution in [0.1, 0.15) is 12.0 Å². The first-order chi connectivity index (χ1) is 10.2. The van der Waals surface area contributed by atoms with Gasteiger partial charge in [0.2, 0.25) is 5.91 Å². The molecule has 0 unspecified atom stereocenters. The highest BCUT2D eigenvalue weighted by atomic mass is 79.9. The number of alkyl halides is 1. The number of carbonyl (C=O) groups is 1. The molecule has 1 aromatic rings. The average Bonchev–Trinajstić information content (AvgIpc) is 2.74. The Morgan fingerprint density at radius 2 is 1.95 bits per heavy atom. The van der Waals surface area contributed by atoms with E-state index >= 15 is 0 Å². The van der Waals surface area contributed by atoms with Gasteiger partial charge in [0.1, 0.15) is 5.75 Å². The van der Waals surface area contributed by atoms with Crippen LogP contribution in [-0.2, 0) is 11.2 Å². The van der Waals surface area contributed by atoms with Gasteiger partial charge >= 0.3 is 0 Å². The molecule has 116 valence electrons. The van der Waals surface area contributed by atoms with Gasteiger partial charge < -0.3 is 14.5 Å². The van der Waals surface area contributed by atoms with Crippen molar-refractivity contribution in [1.29, 1.82) is 0 Å². The van der Waals surface area contributed by atoms with Crippen LogP contribution in [0.5, 0.6) is 5.75 Å². The largest absolute Gasteiger partial charge is 0.497 e. The molecule has 1 aliphatic rings. The van der Waals surface area contributed by atoms with Gasteiger partial charge in [-0.25, -0.2) is 0 Å². The fourth-order valence-electron chi connectivity index (χ4n) is 2.59. The minimum Gasteiger partial charge on any atom is -0.497 e. The molecule has 0 aliphatic carbocycles. The van der Waals surface area contributed by atoms with Crippen LogP contribution in [0, 0.1) is 0 Å². The maximum absolute atomic E-state index is 12.4. The molecule has 0 bridgehead atoms. The summed E-state index contributed by atoms with van der Waals surface area (Å²) in [7, 11) is 1.65. The molecule has 1 fully saturated rings. The van der Waals surface area contributed by atoms with Crippen molar-refractivity contribution in [3.63, 3.8) is 0 Å². The van der Waals surface area contributed by atoms with Crippen LogP contribution in [0.3, 0.4) is 0 Å². The highest BCUT2D eigenvalue weighted by Crippen LogP contribution is 2.13. The lowest BCUT2D eigenvalue weighted by Gasteiger charge is -2.21. The molecule has 5 heteroatoms. The molecular weight excluding hydrogens is 332 g/mol. The quantitative estimate of drug-likeness (QED) is 0.759. The zero-order chi connectivity index (χ0) is 15.1. The van der Waals surface area contributed by atoms with E-state index in [0.717, 1.165) is 55.8 Å². The zero-order valence-corrected chi connectivity index (χ0v) is 14.1. The second-order valence-electron chi connectivity index (χ2n) is 5.29. The molecule has 1 aromatic carbocycles. The smallest absolute Gasteiger partial charge is 0.227 e. The van der Waals surface area contributed by atoms with Crippen LogP contribution in [0.2, 0.25) is 0 Å². The lowest BCUT2D eigenvalue weighted by atomic mass is 10.1. The van der Waals surface area contributed by atoms with Crippen molar-refractivity contribution in [1.82, 2.24) is 9.80 Å². The third-order valence-corrected chi connectivity index (χ3v) is 4.21. The van der Waals surface area contributed by atoms with E-state index in [1.54, 1.807) is 7.11 Å². The first-order valence-electron chi connectivity index (χ1n) is 7.42. The standard InChI is InChI=1S/C16H23BrN2O2/c1-21-15-5-3-14(4-6-15)13-16(20)19-9-2-8-18(10-7-17)11-12-19/h3-6H,2,7-13H2,1H3. The Bertz CT molecular complexity index is 450. The number of benzene rings is 1. The summed E-state index contributed by atoms with van der Waals surface area (Å²) in [5, 5.41) is 0.993. The molecule has 0 atom stereocenters. The van der Waals surface area contributed by atoms with Crippen LogP contribution in [0.25, 0.3) is 0 Å². The number of carbonyl (C=O) groups excluding carboxylic acids is 1. The van der Waals surface area contributed by atoms with Crippen molar-refractivity contribution >= 4 is 21.8 Å². The maximum Gasteiger partial charge on any atom is 0.227 e. The van der Waals surface area contributed by atoms with Crippen molar-refractivity contribution in [3.05, 3.63) is 29.8 Å². The molecule has 0 aromatic heterocycles. The number of ether oxygens (including phenoxy) is 1. The number of halogens is 1. The summed E-state index contributed by atoms with van der Waals surface area (Å²) in [5.41, 5.74) is 1.04. The Labute approximate surface area is 135 Å². The fraction of sp³-hybridized carbons (Fsp3) is 0.562. The van der Waals surface area contributed by atoms with Crippen molar-refractivity contribution in [2.45, 2.75) is 12.8 Å². The number of nitrogens with zero attached hydrogens (tertiary/aromatic N) is 2. The van der Waals surface area contributed by atoms with Crippen LogP contribution in [0.4, 0.5) is 0 Å². The molecule has 2 rings (SSSR count). The highest BCUT2D eigenvalue weighted by Gasteiger charge is 2.18. The molecule has 1 saturated heterocycles. The summed E-state index contributed by atoms with van der Waals surface area (Å²) in [4.78, 5) is 16.8. The Morgan fingerprint density at radius 3 is 2.62 bits per heavy atom. The van der Waals surface area contributed by atoms with E-state index in [2.05, 4.69) is 20.8 Å². The predicted octanol–water partition coefficient (Wildman–Crippen LogP) is 2.17. The van der Waals surface area contributed by atoms with Gasteiger partial charge in [0.15, 0.2) is 0 Å². The Balaban J connectivity index is 1.87. The van der Waals surface area contributed by atoms with E-state index in [0.29, 0.717) is 6.42 Å². The summed E-state index contributed by atoms with van der Waals surface area (Å²) in [6.45, 7) is 4.81. The third-order valence-electron chi connectivity index (χ3n) is 3.86. The van der Waals surface area contributed by atoms with E-state index < -0.39 is 0 Å². The van der Waals surface area contributed by atoms with Gasteiger partial charge in [0.05, 0.1) is 13.5 Å². The molecular formula is C16H23BrN2O2. The van der Waals surface area contributed by atoms with Gasteiger partial charge in [-0.3, -0.25) is 4.79 Å². The summed E-state index contributed by atoms with van der Waals surface area (Å²) >= 11 is 3.48. The van der Waals surface area contributed by atoms with E-state index in [1.165, 1.54) is 0 Å². The van der Waals surface area contributed by atoms with Crippen molar-refractivity contribution in [3.8, 4) is 5.75 Å². The van der Waals surface area contributed by atoms with Crippen molar-refractivity contribution in [2.75, 3.05) is 45.2 Å². The minimum atomic E-state index is 0.223. The molecule has 1 heterocycles. The zero-order valence-electron chi connectivity index (χ0n) is 12.6. The van der Waals surface area contributed by atoms with Gasteiger partial charge in [-0.05, 0) is 30.7 Å². The summed E-state index contributed by atoms with van der Waals surface area (Å²) in [6.07, 6.45) is 1.53. The monoisotopic (exact) mass is 354 g/mol. The molecule has 1 aliphatic heterocycles. The average molecular weight is 355 g/mol. The fourth-order valence-corrected chi connectivity index (χ4v) is 3.09. The van der Waals surface area contributed by atoms with Gasteiger partial charge in [-0.1, -0.05) is 28.1 Å². The molecule has 21 heavy (non-hydrogen) atoms. The normalized spacial score (nSPS) is 16.6. The van der Waals surface area contributed by atoms with Crippen LogP contribution >= 0.6 is 15.9 Å². The minimum absolute atomic E-state index is 0.223. The first-order valence-corrected chi connectivity index (χ1v) is 8.54. The molecule has 0 radical (unpaired) electrons. The first kappa shape index (κ1) is 16.3. The van der Waals surface area contributed by atoms with Crippen molar-refractivity contribution in [2.24, 2.45) is 0 Å². The number of hydrogen-bond donors (Lipinski definition) is 0. The van der Waals surface area contributed by atoms with E-state index in [4.69, 9.17) is 4.74 Å². The lowest BCUT2D eigenvalue weighted by Crippen LogP contribution is -2.36. The van der Waals surface area contributed by atoms with Gasteiger partial charge in [-0.2, -0.15) is 0 Å². The number of amides is 1. The third kappa shape index (κ3) is 5.00. The van der Waals surface area contributed by atoms with Crippen molar-refractivity contribution < 1.29 is 9.53 Å². The summed E-state index contributed by atoms with van der Waals surface area (Å²) in [5.74, 6) is 1.05. The lowest BCUT2D eigenvalue weighted by molar-refractivity contribution is -0.130. The SMILES string of the molecule is COc1ccc(CC(=O)N2CCCN(CCBr)CC2)cc1. The highest BCUT2D eigenvalue weighted by molar-refractivity contribution is 9.09.